The normalized spacial score (nSPS) is 20.8. The molecule has 2 N–H and O–H groups in total. The maximum absolute atomic E-state index is 6.10. The minimum Gasteiger partial charge on any atom is -0.396 e. The van der Waals surface area contributed by atoms with Gasteiger partial charge in [-0.05, 0) is 37.3 Å². The van der Waals surface area contributed by atoms with Crippen molar-refractivity contribution < 1.29 is 0 Å². The van der Waals surface area contributed by atoms with Crippen molar-refractivity contribution in [3.63, 3.8) is 0 Å². The number of anilines is 2. The van der Waals surface area contributed by atoms with Crippen molar-refractivity contribution in [3.05, 3.63) is 23.2 Å². The first-order valence-corrected chi connectivity index (χ1v) is 7.39. The average Bonchev–Trinajstić information content (AvgIpc) is 2.59. The maximum Gasteiger partial charge on any atom is 0.0741 e. The highest BCUT2D eigenvalue weighted by Gasteiger charge is 2.18. The SMILES string of the molecule is CCCC1CCCN(c2cccc(Cl)c2N)CC1. The van der Waals surface area contributed by atoms with E-state index in [2.05, 4.69) is 17.9 Å². The topological polar surface area (TPSA) is 29.3 Å². The van der Waals surface area contributed by atoms with Crippen molar-refractivity contribution in [2.24, 2.45) is 5.92 Å². The molecule has 0 saturated carbocycles. The highest BCUT2D eigenvalue weighted by atomic mass is 35.5. The zero-order valence-corrected chi connectivity index (χ0v) is 11.9. The summed E-state index contributed by atoms with van der Waals surface area (Å²) in [6.07, 6.45) is 6.55. The predicted octanol–water partition coefficient (Wildman–Crippen LogP) is 4.33. The van der Waals surface area contributed by atoms with Gasteiger partial charge in [-0.25, -0.2) is 0 Å². The second-order valence-corrected chi connectivity index (χ2v) is 5.65. The van der Waals surface area contributed by atoms with Gasteiger partial charge in [-0.1, -0.05) is 37.4 Å². The molecule has 1 heterocycles. The molecular weight excluding hydrogens is 244 g/mol. The van der Waals surface area contributed by atoms with E-state index in [0.29, 0.717) is 5.02 Å². The van der Waals surface area contributed by atoms with Crippen molar-refractivity contribution in [2.75, 3.05) is 23.7 Å². The van der Waals surface area contributed by atoms with Gasteiger partial charge in [-0.2, -0.15) is 0 Å². The molecule has 0 aliphatic carbocycles. The summed E-state index contributed by atoms with van der Waals surface area (Å²) in [7, 11) is 0. The van der Waals surface area contributed by atoms with Crippen molar-refractivity contribution in [3.8, 4) is 0 Å². The van der Waals surface area contributed by atoms with Gasteiger partial charge < -0.3 is 10.6 Å². The molecule has 3 heteroatoms. The van der Waals surface area contributed by atoms with Crippen molar-refractivity contribution in [1.29, 1.82) is 0 Å². The van der Waals surface area contributed by atoms with Gasteiger partial charge in [-0.3, -0.25) is 0 Å². The lowest BCUT2D eigenvalue weighted by atomic mass is 9.96. The smallest absolute Gasteiger partial charge is 0.0741 e. The van der Waals surface area contributed by atoms with Crippen LogP contribution in [0.3, 0.4) is 0 Å². The lowest BCUT2D eigenvalue weighted by Gasteiger charge is -2.24. The molecule has 0 amide bonds. The van der Waals surface area contributed by atoms with Crippen LogP contribution in [-0.4, -0.2) is 13.1 Å². The van der Waals surface area contributed by atoms with E-state index < -0.39 is 0 Å². The van der Waals surface area contributed by atoms with Crippen LogP contribution in [0.1, 0.15) is 39.0 Å². The predicted molar refractivity (Wildman–Crippen MR) is 80.3 cm³/mol. The second kappa shape index (κ2) is 6.33. The summed E-state index contributed by atoms with van der Waals surface area (Å²) in [4.78, 5) is 2.40. The monoisotopic (exact) mass is 266 g/mol. The summed E-state index contributed by atoms with van der Waals surface area (Å²) in [6, 6.07) is 5.93. The molecule has 0 spiro atoms. The van der Waals surface area contributed by atoms with Crippen molar-refractivity contribution in [1.82, 2.24) is 0 Å². The molecule has 100 valence electrons. The van der Waals surface area contributed by atoms with Crippen LogP contribution in [0.15, 0.2) is 18.2 Å². The van der Waals surface area contributed by atoms with E-state index >= 15 is 0 Å². The van der Waals surface area contributed by atoms with Crippen LogP contribution < -0.4 is 10.6 Å². The molecule has 1 saturated heterocycles. The van der Waals surface area contributed by atoms with Gasteiger partial charge >= 0.3 is 0 Å². The van der Waals surface area contributed by atoms with Crippen LogP contribution >= 0.6 is 11.6 Å². The molecule has 1 aliphatic rings. The first kappa shape index (κ1) is 13.5. The Kier molecular flexibility index (Phi) is 4.76. The molecule has 1 aromatic rings. The number of nitrogens with two attached hydrogens (primary N) is 1. The van der Waals surface area contributed by atoms with Gasteiger partial charge in [-0.15, -0.1) is 0 Å². The number of hydrogen-bond donors (Lipinski definition) is 1. The lowest BCUT2D eigenvalue weighted by Crippen LogP contribution is -2.25. The van der Waals surface area contributed by atoms with Crippen LogP contribution in [0.5, 0.6) is 0 Å². The number of rotatable bonds is 3. The van der Waals surface area contributed by atoms with Gasteiger partial charge in [0.25, 0.3) is 0 Å². The molecule has 1 unspecified atom stereocenters. The Balaban J connectivity index is 2.07. The van der Waals surface area contributed by atoms with Gasteiger partial charge in [0, 0.05) is 13.1 Å². The van der Waals surface area contributed by atoms with E-state index in [4.69, 9.17) is 17.3 Å². The van der Waals surface area contributed by atoms with Crippen LogP contribution in [0.25, 0.3) is 0 Å². The molecule has 0 bridgehead atoms. The van der Waals surface area contributed by atoms with Crippen molar-refractivity contribution >= 4 is 23.0 Å². The average molecular weight is 267 g/mol. The van der Waals surface area contributed by atoms with Crippen LogP contribution in [-0.2, 0) is 0 Å². The van der Waals surface area contributed by atoms with E-state index in [1.165, 1.54) is 32.1 Å². The van der Waals surface area contributed by atoms with Gasteiger partial charge in [0.1, 0.15) is 0 Å². The van der Waals surface area contributed by atoms with E-state index in [0.717, 1.165) is 30.4 Å². The Labute approximate surface area is 115 Å². The standard InChI is InChI=1S/C15H23ClN2/c1-2-5-12-6-4-10-18(11-9-12)14-8-3-7-13(16)15(14)17/h3,7-8,12H,2,4-6,9-11,17H2,1H3. The summed E-state index contributed by atoms with van der Waals surface area (Å²) in [5.41, 5.74) is 7.92. The summed E-state index contributed by atoms with van der Waals surface area (Å²) in [5, 5.41) is 0.668. The number of para-hydroxylation sites is 1. The third-order valence-electron chi connectivity index (χ3n) is 3.92. The van der Waals surface area contributed by atoms with E-state index in [9.17, 15) is 0 Å². The molecule has 18 heavy (non-hydrogen) atoms. The minimum atomic E-state index is 0.668. The van der Waals surface area contributed by atoms with Crippen LogP contribution in [0.2, 0.25) is 5.02 Å². The van der Waals surface area contributed by atoms with E-state index in [-0.39, 0.29) is 0 Å². The first-order chi connectivity index (χ1) is 8.72. The summed E-state index contributed by atoms with van der Waals surface area (Å²) in [5.74, 6) is 0.889. The lowest BCUT2D eigenvalue weighted by molar-refractivity contribution is 0.435. The highest BCUT2D eigenvalue weighted by Crippen LogP contribution is 2.32. The number of nitrogens with zero attached hydrogens (tertiary/aromatic N) is 1. The zero-order chi connectivity index (χ0) is 13.0. The summed E-state index contributed by atoms with van der Waals surface area (Å²) in [6.45, 7) is 4.48. The molecule has 1 aliphatic heterocycles. The van der Waals surface area contributed by atoms with Crippen LogP contribution in [0, 0.1) is 5.92 Å². The molecule has 1 fully saturated rings. The Morgan fingerprint density at radius 1 is 1.33 bits per heavy atom. The number of nitrogen functional groups attached to an aromatic ring is 1. The Morgan fingerprint density at radius 2 is 2.17 bits per heavy atom. The zero-order valence-electron chi connectivity index (χ0n) is 11.2. The number of hydrogen-bond acceptors (Lipinski definition) is 2. The van der Waals surface area contributed by atoms with E-state index in [1.807, 2.05) is 12.1 Å². The van der Waals surface area contributed by atoms with Gasteiger partial charge in [0.15, 0.2) is 0 Å². The molecular formula is C15H23ClN2. The fourth-order valence-corrected chi connectivity index (χ4v) is 3.07. The van der Waals surface area contributed by atoms with Gasteiger partial charge in [0.2, 0.25) is 0 Å². The first-order valence-electron chi connectivity index (χ1n) is 7.01. The van der Waals surface area contributed by atoms with E-state index in [1.54, 1.807) is 0 Å². The Morgan fingerprint density at radius 3 is 2.94 bits per heavy atom. The fraction of sp³-hybridized carbons (Fsp3) is 0.600. The van der Waals surface area contributed by atoms with Gasteiger partial charge in [0.05, 0.1) is 16.4 Å². The molecule has 0 radical (unpaired) electrons. The fourth-order valence-electron chi connectivity index (χ4n) is 2.90. The van der Waals surface area contributed by atoms with Crippen molar-refractivity contribution in [2.45, 2.75) is 39.0 Å². The third kappa shape index (κ3) is 3.11. The molecule has 1 aromatic carbocycles. The minimum absolute atomic E-state index is 0.668. The molecule has 2 rings (SSSR count). The quantitative estimate of drug-likeness (QED) is 0.825. The number of halogens is 1. The van der Waals surface area contributed by atoms with Crippen LogP contribution in [0.4, 0.5) is 11.4 Å². The Hall–Kier alpha value is -0.890. The largest absolute Gasteiger partial charge is 0.396 e. The molecule has 0 aromatic heterocycles. The second-order valence-electron chi connectivity index (χ2n) is 5.25. The molecule has 2 nitrogen and oxygen atoms in total. The Bertz CT molecular complexity index is 392. The third-order valence-corrected chi connectivity index (χ3v) is 4.24. The summed E-state index contributed by atoms with van der Waals surface area (Å²) < 4.78 is 0. The number of benzene rings is 1. The maximum atomic E-state index is 6.10. The molecule has 1 atom stereocenters. The highest BCUT2D eigenvalue weighted by molar-refractivity contribution is 6.33. The summed E-state index contributed by atoms with van der Waals surface area (Å²) >= 11 is 6.10.